The highest BCUT2D eigenvalue weighted by Gasteiger charge is 2.25. The SMILES string of the molecule is CC/C=C\C/C=C\C/C=C\C/C=C\C/C=C\C/C=C\C/C=C\C/C=C\C/C=C\C/C=C\C/C=C\C/C=C\CCCCCCC(=O)OC(COC(=O)CCCCCCC/C=C\C/C=C\C/C=C\C/C=C\C/C=C\C/C=C\C/C=C\C/C=C\C/C=C\CC)COC(OCC[N+](C)(C)C)C(=O)O. The monoisotopic (exact) mass is 1360 g/mol. The fourth-order valence-electron chi connectivity index (χ4n) is 9.10. The van der Waals surface area contributed by atoms with E-state index in [1.165, 1.54) is 0 Å². The van der Waals surface area contributed by atoms with Gasteiger partial charge >= 0.3 is 17.9 Å². The Morgan fingerprint density at radius 2 is 0.545 bits per heavy atom. The Labute approximate surface area is 604 Å². The predicted molar refractivity (Wildman–Crippen MR) is 427 cm³/mol. The largest absolute Gasteiger partial charge is 0.477 e. The van der Waals surface area contributed by atoms with Gasteiger partial charge in [-0.3, -0.25) is 9.59 Å². The minimum absolute atomic E-state index is 0.164. The fourth-order valence-corrected chi connectivity index (χ4v) is 9.10. The second-order valence-corrected chi connectivity index (χ2v) is 25.1. The van der Waals surface area contributed by atoms with E-state index in [2.05, 4.69) is 269 Å². The molecule has 0 radical (unpaired) electrons. The van der Waals surface area contributed by atoms with Crippen molar-refractivity contribution in [1.29, 1.82) is 0 Å². The van der Waals surface area contributed by atoms with E-state index in [-0.39, 0.29) is 38.6 Å². The molecule has 0 saturated carbocycles. The second-order valence-electron chi connectivity index (χ2n) is 25.1. The molecule has 0 amide bonds. The molecule has 9 nitrogen and oxygen atoms in total. The van der Waals surface area contributed by atoms with Crippen molar-refractivity contribution in [3.63, 3.8) is 0 Å². The van der Waals surface area contributed by atoms with Crippen molar-refractivity contribution in [2.75, 3.05) is 47.5 Å². The summed E-state index contributed by atoms with van der Waals surface area (Å²) in [5.41, 5.74) is 0. The number of rotatable bonds is 66. The first kappa shape index (κ1) is 91.8. The van der Waals surface area contributed by atoms with Crippen LogP contribution in [0.5, 0.6) is 0 Å². The normalized spacial score (nSPS) is 14.2. The van der Waals surface area contributed by atoms with Crippen LogP contribution in [0.1, 0.15) is 232 Å². The molecule has 9 heteroatoms. The lowest BCUT2D eigenvalue weighted by Gasteiger charge is -2.25. The van der Waals surface area contributed by atoms with Crippen molar-refractivity contribution in [2.45, 2.75) is 245 Å². The number of hydrogen-bond acceptors (Lipinski definition) is 7. The molecule has 0 aromatic rings. The van der Waals surface area contributed by atoms with Gasteiger partial charge in [-0.25, -0.2) is 4.79 Å². The topological polar surface area (TPSA) is 108 Å². The van der Waals surface area contributed by atoms with Crippen LogP contribution in [0.3, 0.4) is 0 Å². The number of carboxylic acid groups (broad SMARTS) is 1. The number of carbonyl (C=O) groups is 3. The van der Waals surface area contributed by atoms with E-state index in [4.69, 9.17) is 18.9 Å². The number of aliphatic carboxylic acids is 1. The Balaban J connectivity index is 4.30. The zero-order valence-electron chi connectivity index (χ0n) is 62.5. The molecule has 1 N–H and O–H groups in total. The lowest BCUT2D eigenvalue weighted by molar-refractivity contribution is -0.870. The van der Waals surface area contributed by atoms with Crippen LogP contribution in [0.4, 0.5) is 0 Å². The molecule has 2 unspecified atom stereocenters. The summed E-state index contributed by atoms with van der Waals surface area (Å²) in [6.07, 6.45) is 122. The van der Waals surface area contributed by atoms with Crippen LogP contribution in [0, 0.1) is 0 Å². The van der Waals surface area contributed by atoms with E-state index in [1.54, 1.807) is 0 Å². The van der Waals surface area contributed by atoms with Gasteiger partial charge in [-0.2, -0.15) is 0 Å². The van der Waals surface area contributed by atoms with E-state index < -0.39 is 24.3 Å². The molecule has 0 aliphatic rings. The summed E-state index contributed by atoms with van der Waals surface area (Å²) >= 11 is 0. The van der Waals surface area contributed by atoms with Gasteiger partial charge < -0.3 is 28.5 Å². The summed E-state index contributed by atoms with van der Waals surface area (Å²) in [6, 6.07) is 0. The van der Waals surface area contributed by atoms with Crippen LogP contribution in [0.25, 0.3) is 0 Å². The molecule has 0 spiro atoms. The zero-order chi connectivity index (χ0) is 71.8. The average molecular weight is 1360 g/mol. The van der Waals surface area contributed by atoms with Crippen LogP contribution in [0.2, 0.25) is 0 Å². The van der Waals surface area contributed by atoms with Gasteiger partial charge in [-0.1, -0.05) is 301 Å². The van der Waals surface area contributed by atoms with Crippen molar-refractivity contribution < 1.29 is 42.9 Å². The Hall–Kier alpha value is -7.17. The van der Waals surface area contributed by atoms with E-state index in [1.807, 2.05) is 21.1 Å². The summed E-state index contributed by atoms with van der Waals surface area (Å²) in [4.78, 5) is 37.7. The minimum atomic E-state index is -1.54. The van der Waals surface area contributed by atoms with Gasteiger partial charge in [0.1, 0.15) is 13.2 Å². The van der Waals surface area contributed by atoms with E-state index >= 15 is 0 Å². The highest BCUT2D eigenvalue weighted by molar-refractivity contribution is 5.71. The summed E-state index contributed by atoms with van der Waals surface area (Å²) in [7, 11) is 5.94. The summed E-state index contributed by atoms with van der Waals surface area (Å²) < 4.78 is 22.9. The van der Waals surface area contributed by atoms with Gasteiger partial charge in [0.2, 0.25) is 0 Å². The van der Waals surface area contributed by atoms with Crippen LogP contribution in [0.15, 0.2) is 255 Å². The first-order chi connectivity index (χ1) is 48.6. The van der Waals surface area contributed by atoms with Crippen LogP contribution in [-0.2, 0) is 33.3 Å². The first-order valence-electron chi connectivity index (χ1n) is 37.8. The molecule has 0 bridgehead atoms. The van der Waals surface area contributed by atoms with Crippen molar-refractivity contribution in [3.05, 3.63) is 255 Å². The molecule has 0 aliphatic heterocycles. The number of unbranched alkanes of at least 4 members (excludes halogenated alkanes) is 9. The summed E-state index contributed by atoms with van der Waals surface area (Å²) in [6.45, 7) is 4.55. The summed E-state index contributed by atoms with van der Waals surface area (Å²) in [5.74, 6) is -2.10. The lowest BCUT2D eigenvalue weighted by Crippen LogP contribution is -2.40. The van der Waals surface area contributed by atoms with Gasteiger partial charge in [-0.05, 0) is 173 Å². The molecule has 0 aromatic carbocycles. The molecular formula is C90H136NO8+. The lowest BCUT2D eigenvalue weighted by atomic mass is 10.1. The van der Waals surface area contributed by atoms with E-state index in [9.17, 15) is 19.5 Å². The number of hydrogen-bond donors (Lipinski definition) is 1. The maximum absolute atomic E-state index is 13.0. The molecule has 548 valence electrons. The number of allylic oxidation sites excluding steroid dienone is 42. The smallest absolute Gasteiger partial charge is 0.361 e. The molecule has 0 fully saturated rings. The molecule has 2 atom stereocenters. The molecule has 99 heavy (non-hydrogen) atoms. The average Bonchev–Trinajstić information content (AvgIpc) is 2.62. The molecule has 0 rings (SSSR count). The third-order valence-corrected chi connectivity index (χ3v) is 14.8. The molecule has 0 aromatic heterocycles. The van der Waals surface area contributed by atoms with Gasteiger partial charge in [-0.15, -0.1) is 0 Å². The van der Waals surface area contributed by atoms with Crippen LogP contribution in [-0.4, -0.2) is 87.4 Å². The highest BCUT2D eigenvalue weighted by Crippen LogP contribution is 2.13. The van der Waals surface area contributed by atoms with Crippen LogP contribution >= 0.6 is 0 Å². The first-order valence-corrected chi connectivity index (χ1v) is 37.8. The van der Waals surface area contributed by atoms with Crippen molar-refractivity contribution in [3.8, 4) is 0 Å². The van der Waals surface area contributed by atoms with Crippen molar-refractivity contribution in [2.24, 2.45) is 0 Å². The van der Waals surface area contributed by atoms with Gasteiger partial charge in [0, 0.05) is 12.8 Å². The molecule has 0 heterocycles. The summed E-state index contributed by atoms with van der Waals surface area (Å²) in [5, 5.41) is 9.76. The fraction of sp³-hybridized carbons (Fsp3) is 0.500. The van der Waals surface area contributed by atoms with E-state index in [0.29, 0.717) is 23.9 Å². The zero-order valence-corrected chi connectivity index (χ0v) is 62.5. The van der Waals surface area contributed by atoms with Gasteiger partial charge in [0.05, 0.1) is 34.4 Å². The maximum atomic E-state index is 13.0. The third kappa shape index (κ3) is 78.0. The number of carboxylic acids is 1. The van der Waals surface area contributed by atoms with Crippen LogP contribution < -0.4 is 0 Å². The maximum Gasteiger partial charge on any atom is 0.361 e. The molecular weight excluding hydrogens is 1220 g/mol. The van der Waals surface area contributed by atoms with Crippen molar-refractivity contribution >= 4 is 17.9 Å². The van der Waals surface area contributed by atoms with Gasteiger partial charge in [0.25, 0.3) is 6.29 Å². The number of esters is 2. The van der Waals surface area contributed by atoms with Gasteiger partial charge in [0.15, 0.2) is 6.10 Å². The number of quaternary nitrogens is 1. The number of ether oxygens (including phenoxy) is 4. The van der Waals surface area contributed by atoms with E-state index in [0.717, 1.165) is 193 Å². The molecule has 0 saturated heterocycles. The Morgan fingerprint density at radius 3 is 0.808 bits per heavy atom. The minimum Gasteiger partial charge on any atom is -0.477 e. The predicted octanol–water partition coefficient (Wildman–Crippen LogP) is 24.6. The second kappa shape index (κ2) is 76.6. The highest BCUT2D eigenvalue weighted by atomic mass is 16.7. The standard InChI is InChI=1S/C90H135NO8/c1-6-8-10-12-14-16-18-20-22-24-26-28-30-32-34-36-38-40-41-42-43-44-45-46-47-49-51-53-55-57-59-61-63-65-67-69-71-73-75-77-79-81-88(93)99-86(85-98-90(89(94)95)96-83-82-91(3,4)5)84-97-87(92)80-78-76-74-72-70-68-66-64-62-60-58-56-54-52-50-48-39-37-35-33-31-29-27-25-23-21-19-17-15-13-11-9-7-2/h8-11,14-17,20-23,26-29,32-35,38-40,42-43,45-46,48-49,51-52,54-55,57-58,60-61,63-64,66-67,69,86,90H,6-7,12-13,18-19,24-25,30-31,36-37,41,44,47,50,53,56,59,62,65,68,70-85H2,1-5H3/p+1/b10-8-,11-9-,16-14-,17-15-,22-20-,23-21-,28-26-,29-27-,34-32-,35-33-,40-38-,43-42-,46-45-,48-39-,51-49-,54-52-,57-55-,60-58-,63-61-,66-64-,69-67-. The quantitative estimate of drug-likeness (QED) is 0.0211. The Morgan fingerprint density at radius 1 is 0.303 bits per heavy atom. The number of likely N-dealkylation sites (N-methyl/N-ethyl adjacent to an activating group) is 1. The number of nitrogens with zero attached hydrogens (tertiary/aromatic N) is 1. The Kier molecular flexibility index (Phi) is 71.0. The molecule has 0 aliphatic carbocycles. The van der Waals surface area contributed by atoms with Crippen molar-refractivity contribution in [1.82, 2.24) is 0 Å². The Bertz CT molecular complexity index is 2590. The number of carbonyl (C=O) groups excluding carboxylic acids is 2. The third-order valence-electron chi connectivity index (χ3n) is 14.8.